The molecule has 2 rings (SSSR count). The number of hydrogen-bond acceptors (Lipinski definition) is 3. The molecule has 0 atom stereocenters. The van der Waals surface area contributed by atoms with Gasteiger partial charge in [-0.1, -0.05) is 11.8 Å². The molecular weight excluding hydrogens is 270 g/mol. The molecule has 3 N–H and O–H groups in total. The van der Waals surface area contributed by atoms with Crippen LogP contribution in [0.15, 0.2) is 30.5 Å². The third kappa shape index (κ3) is 3.50. The first-order valence-electron chi connectivity index (χ1n) is 6.45. The normalized spacial score (nSPS) is 9.90. The van der Waals surface area contributed by atoms with Crippen molar-refractivity contribution in [2.45, 2.75) is 20.0 Å². The molecule has 0 bridgehead atoms. The van der Waals surface area contributed by atoms with Crippen LogP contribution >= 0.6 is 11.3 Å². The van der Waals surface area contributed by atoms with E-state index in [1.807, 2.05) is 42.0 Å². The number of nitrogens with one attached hydrogen (secondary N) is 1. The molecule has 0 aliphatic carbocycles. The predicted molar refractivity (Wildman–Crippen MR) is 81.5 cm³/mol. The largest absolute Gasteiger partial charge is 0.346 e. The predicted octanol–water partition coefficient (Wildman–Crippen LogP) is 1.81. The summed E-state index contributed by atoms with van der Waals surface area (Å²) in [4.78, 5) is 14.1. The number of hydrogen-bond donors (Lipinski definition) is 2. The standard InChI is InChI=1S/C15H17N3OS/c1-2-18-10-4-6-14(18)15(19)17-11-13-8-7-12(20-13)5-3-9-16/h4,6-8,10H,2,9,11,16H2,1H3,(H,17,19). The second-order valence-electron chi connectivity index (χ2n) is 4.13. The van der Waals surface area contributed by atoms with Gasteiger partial charge < -0.3 is 15.6 Å². The molecule has 4 nitrogen and oxygen atoms in total. The Bertz CT molecular complexity index is 645. The molecule has 2 aromatic heterocycles. The molecule has 0 saturated heterocycles. The Morgan fingerprint density at radius 2 is 2.30 bits per heavy atom. The van der Waals surface area contributed by atoms with Crippen molar-refractivity contribution in [3.8, 4) is 11.8 Å². The average Bonchev–Trinajstić information content (AvgIpc) is 3.11. The molecule has 0 radical (unpaired) electrons. The lowest BCUT2D eigenvalue weighted by molar-refractivity contribution is 0.0942. The van der Waals surface area contributed by atoms with Gasteiger partial charge in [0.25, 0.3) is 5.91 Å². The van der Waals surface area contributed by atoms with E-state index >= 15 is 0 Å². The quantitative estimate of drug-likeness (QED) is 0.843. The van der Waals surface area contributed by atoms with E-state index in [9.17, 15) is 4.79 Å². The highest BCUT2D eigenvalue weighted by Crippen LogP contribution is 2.15. The van der Waals surface area contributed by atoms with Crippen molar-refractivity contribution in [2.75, 3.05) is 6.54 Å². The highest BCUT2D eigenvalue weighted by molar-refractivity contribution is 7.12. The third-order valence-electron chi connectivity index (χ3n) is 2.80. The summed E-state index contributed by atoms with van der Waals surface area (Å²) in [5.74, 6) is 5.75. The van der Waals surface area contributed by atoms with Crippen LogP contribution in [-0.2, 0) is 13.1 Å². The van der Waals surface area contributed by atoms with Crippen LogP contribution in [-0.4, -0.2) is 17.0 Å². The molecule has 2 heterocycles. The molecule has 20 heavy (non-hydrogen) atoms. The molecule has 0 fully saturated rings. The molecule has 2 aromatic rings. The van der Waals surface area contributed by atoms with Crippen molar-refractivity contribution in [3.63, 3.8) is 0 Å². The zero-order chi connectivity index (χ0) is 14.4. The smallest absolute Gasteiger partial charge is 0.268 e. The summed E-state index contributed by atoms with van der Waals surface area (Å²) in [6, 6.07) is 7.63. The first kappa shape index (κ1) is 14.4. The summed E-state index contributed by atoms with van der Waals surface area (Å²) in [6.07, 6.45) is 1.90. The summed E-state index contributed by atoms with van der Waals surface area (Å²) in [6.45, 7) is 3.67. The number of nitrogens with two attached hydrogens (primary N) is 1. The summed E-state index contributed by atoms with van der Waals surface area (Å²) >= 11 is 1.57. The average molecular weight is 287 g/mol. The van der Waals surface area contributed by atoms with Crippen LogP contribution in [0.5, 0.6) is 0 Å². The molecule has 0 spiro atoms. The maximum Gasteiger partial charge on any atom is 0.268 e. The van der Waals surface area contributed by atoms with Crippen molar-refractivity contribution in [2.24, 2.45) is 5.73 Å². The molecule has 1 amide bonds. The van der Waals surface area contributed by atoms with E-state index in [4.69, 9.17) is 5.73 Å². The van der Waals surface area contributed by atoms with Crippen LogP contribution in [0.4, 0.5) is 0 Å². The molecule has 104 valence electrons. The number of nitrogens with zero attached hydrogens (tertiary/aromatic N) is 1. The fraction of sp³-hybridized carbons (Fsp3) is 0.267. The second-order valence-corrected chi connectivity index (χ2v) is 5.30. The molecular formula is C15H17N3OS. The Labute approximate surface area is 122 Å². The van der Waals surface area contributed by atoms with Gasteiger partial charge in [-0.2, -0.15) is 0 Å². The van der Waals surface area contributed by atoms with E-state index < -0.39 is 0 Å². The first-order chi connectivity index (χ1) is 9.74. The van der Waals surface area contributed by atoms with Gasteiger partial charge in [0.2, 0.25) is 0 Å². The van der Waals surface area contributed by atoms with E-state index in [0.717, 1.165) is 16.3 Å². The highest BCUT2D eigenvalue weighted by atomic mass is 32.1. The van der Waals surface area contributed by atoms with Gasteiger partial charge in [-0.25, -0.2) is 0 Å². The zero-order valence-corrected chi connectivity index (χ0v) is 12.2. The lowest BCUT2D eigenvalue weighted by atomic mass is 10.3. The summed E-state index contributed by atoms with van der Waals surface area (Å²) in [5, 5.41) is 2.92. The fourth-order valence-electron chi connectivity index (χ4n) is 1.83. The topological polar surface area (TPSA) is 60.0 Å². The number of rotatable bonds is 4. The minimum atomic E-state index is -0.0557. The SMILES string of the molecule is CCn1cccc1C(=O)NCc1ccc(C#CCN)s1. The lowest BCUT2D eigenvalue weighted by Crippen LogP contribution is -2.24. The fourth-order valence-corrected chi connectivity index (χ4v) is 2.65. The first-order valence-corrected chi connectivity index (χ1v) is 7.27. The lowest BCUT2D eigenvalue weighted by Gasteiger charge is -2.06. The molecule has 0 aliphatic heterocycles. The van der Waals surface area contributed by atoms with Gasteiger partial charge in [0, 0.05) is 17.6 Å². The van der Waals surface area contributed by atoms with E-state index in [0.29, 0.717) is 18.8 Å². The Morgan fingerprint density at radius 3 is 3.05 bits per heavy atom. The molecule has 5 heteroatoms. The number of aromatic nitrogens is 1. The minimum Gasteiger partial charge on any atom is -0.346 e. The summed E-state index contributed by atoms with van der Waals surface area (Å²) < 4.78 is 1.92. The number of carbonyl (C=O) groups is 1. The van der Waals surface area contributed by atoms with Gasteiger partial charge in [-0.3, -0.25) is 4.79 Å². The maximum absolute atomic E-state index is 12.1. The summed E-state index contributed by atoms with van der Waals surface area (Å²) in [5.41, 5.74) is 6.02. The monoisotopic (exact) mass is 287 g/mol. The number of aryl methyl sites for hydroxylation is 1. The van der Waals surface area contributed by atoms with E-state index in [1.165, 1.54) is 0 Å². The van der Waals surface area contributed by atoms with Crippen LogP contribution in [0.25, 0.3) is 0 Å². The minimum absolute atomic E-state index is 0.0557. The van der Waals surface area contributed by atoms with Crippen molar-refractivity contribution < 1.29 is 4.79 Å². The van der Waals surface area contributed by atoms with E-state index in [2.05, 4.69) is 17.2 Å². The highest BCUT2D eigenvalue weighted by Gasteiger charge is 2.09. The van der Waals surface area contributed by atoms with Gasteiger partial charge in [0.15, 0.2) is 0 Å². The van der Waals surface area contributed by atoms with Crippen molar-refractivity contribution in [3.05, 3.63) is 45.9 Å². The van der Waals surface area contributed by atoms with Crippen LogP contribution in [0.3, 0.4) is 0 Å². The second kappa shape index (κ2) is 6.94. The van der Waals surface area contributed by atoms with Crippen LogP contribution in [0.2, 0.25) is 0 Å². The van der Waals surface area contributed by atoms with Gasteiger partial charge >= 0.3 is 0 Å². The number of carbonyl (C=O) groups excluding carboxylic acids is 1. The van der Waals surface area contributed by atoms with E-state index in [1.54, 1.807) is 11.3 Å². The van der Waals surface area contributed by atoms with Gasteiger partial charge in [-0.05, 0) is 31.2 Å². The Balaban J connectivity index is 1.95. The van der Waals surface area contributed by atoms with Crippen LogP contribution < -0.4 is 11.1 Å². The van der Waals surface area contributed by atoms with Gasteiger partial charge in [-0.15, -0.1) is 11.3 Å². The molecule has 0 saturated carbocycles. The molecule has 0 unspecified atom stereocenters. The molecule has 0 aliphatic rings. The van der Waals surface area contributed by atoms with Crippen molar-refractivity contribution in [1.29, 1.82) is 0 Å². The number of amides is 1. The van der Waals surface area contributed by atoms with Gasteiger partial charge in [0.05, 0.1) is 18.0 Å². The third-order valence-corrected chi connectivity index (χ3v) is 3.80. The summed E-state index contributed by atoms with van der Waals surface area (Å²) in [7, 11) is 0. The molecule has 0 aromatic carbocycles. The van der Waals surface area contributed by atoms with Gasteiger partial charge in [0.1, 0.15) is 5.69 Å². The van der Waals surface area contributed by atoms with Crippen LogP contribution in [0, 0.1) is 11.8 Å². The zero-order valence-electron chi connectivity index (χ0n) is 11.3. The number of thiophene rings is 1. The Kier molecular flexibility index (Phi) is 4.99. The van der Waals surface area contributed by atoms with Crippen molar-refractivity contribution in [1.82, 2.24) is 9.88 Å². The van der Waals surface area contributed by atoms with E-state index in [-0.39, 0.29) is 5.91 Å². The maximum atomic E-state index is 12.1. The Morgan fingerprint density at radius 1 is 1.45 bits per heavy atom. The Hall–Kier alpha value is -2.03. The van der Waals surface area contributed by atoms with Crippen molar-refractivity contribution >= 4 is 17.2 Å². The van der Waals surface area contributed by atoms with Crippen LogP contribution in [0.1, 0.15) is 27.2 Å².